The van der Waals surface area contributed by atoms with Crippen LogP contribution in [-0.4, -0.2) is 59.0 Å². The number of benzene rings is 1. The number of hydrogen-bond acceptors (Lipinski definition) is 7. The average Bonchev–Trinajstić information content (AvgIpc) is 3.30. The topological polar surface area (TPSA) is 109 Å². The quantitative estimate of drug-likeness (QED) is 0.402. The monoisotopic (exact) mass is 462 g/mol. The van der Waals surface area contributed by atoms with Gasteiger partial charge < -0.3 is 24.7 Å². The number of oxime groups is 1. The summed E-state index contributed by atoms with van der Waals surface area (Å²) in [6, 6.07) is 1.00. The molecular formula is C23H27ClN2O6. The Bertz CT molecular complexity index is 935. The number of esters is 1. The van der Waals surface area contributed by atoms with Crippen molar-refractivity contribution in [3.63, 3.8) is 0 Å². The lowest BCUT2D eigenvalue weighted by Gasteiger charge is -2.15. The number of fused-ring (bicyclic) bond motifs is 1. The third-order valence-electron chi connectivity index (χ3n) is 5.21. The standard InChI is InChI=1S/C23H27ClN2O6/c24-22-17-13-16(25-32-15-20(29)26-10-6-7-11-26)9-5-3-1-2-4-8-12-31-23(30)21(17)18(27)14-19(22)28/h2,4-5,9,14,27-28H,1,3,6-8,10-13,15H2/b4-2+,9-5+,25-16?. The van der Waals surface area contributed by atoms with Crippen molar-refractivity contribution in [1.29, 1.82) is 0 Å². The van der Waals surface area contributed by atoms with E-state index >= 15 is 0 Å². The first-order chi connectivity index (χ1) is 15.5. The number of nitrogens with zero attached hydrogens (tertiary/aromatic N) is 2. The second-order valence-electron chi connectivity index (χ2n) is 7.58. The van der Waals surface area contributed by atoms with Gasteiger partial charge in [0.15, 0.2) is 6.61 Å². The number of phenolic OH excluding ortho intramolecular Hbond substituents is 2. The molecule has 0 bridgehead atoms. The fourth-order valence-corrected chi connectivity index (χ4v) is 3.76. The third kappa shape index (κ3) is 6.26. The van der Waals surface area contributed by atoms with E-state index in [1.807, 2.05) is 18.2 Å². The van der Waals surface area contributed by atoms with E-state index in [0.717, 1.165) is 44.8 Å². The van der Waals surface area contributed by atoms with Crippen LogP contribution in [0.5, 0.6) is 11.5 Å². The summed E-state index contributed by atoms with van der Waals surface area (Å²) in [5, 5.41) is 24.4. The Kier molecular flexibility index (Phi) is 8.56. The maximum absolute atomic E-state index is 12.6. The minimum absolute atomic E-state index is 0.0184. The molecule has 0 radical (unpaired) electrons. The number of aromatic hydroxyl groups is 2. The Morgan fingerprint density at radius 3 is 2.62 bits per heavy atom. The highest BCUT2D eigenvalue weighted by Gasteiger charge is 2.24. The zero-order chi connectivity index (χ0) is 22.9. The maximum atomic E-state index is 12.6. The van der Waals surface area contributed by atoms with E-state index in [9.17, 15) is 19.8 Å². The first-order valence-corrected chi connectivity index (χ1v) is 11.0. The fourth-order valence-electron chi connectivity index (χ4n) is 3.55. The number of rotatable bonds is 3. The van der Waals surface area contributed by atoms with Crippen molar-refractivity contribution >= 4 is 29.2 Å². The Labute approximate surface area is 191 Å². The lowest BCUT2D eigenvalue weighted by atomic mass is 9.99. The van der Waals surface area contributed by atoms with Crippen LogP contribution in [0.1, 0.15) is 48.0 Å². The number of cyclic esters (lactones) is 1. The van der Waals surface area contributed by atoms with Gasteiger partial charge in [-0.1, -0.05) is 35.0 Å². The number of allylic oxidation sites excluding steroid dienone is 3. The van der Waals surface area contributed by atoms with Crippen LogP contribution in [0.25, 0.3) is 0 Å². The molecule has 1 saturated heterocycles. The molecule has 0 unspecified atom stereocenters. The highest BCUT2D eigenvalue weighted by atomic mass is 35.5. The lowest BCUT2D eigenvalue weighted by Crippen LogP contribution is -2.30. The SMILES string of the molecule is O=C1OCC/C=C/CC/C=C/C(=NOCC(=O)N2CCCC2)Cc2c(Cl)c(O)cc(O)c21. The first kappa shape index (κ1) is 23.7. The molecule has 0 aliphatic carbocycles. The summed E-state index contributed by atoms with van der Waals surface area (Å²) >= 11 is 6.27. The van der Waals surface area contributed by atoms with Crippen LogP contribution < -0.4 is 0 Å². The largest absolute Gasteiger partial charge is 0.507 e. The molecule has 8 nitrogen and oxygen atoms in total. The van der Waals surface area contributed by atoms with E-state index in [4.69, 9.17) is 21.2 Å². The minimum Gasteiger partial charge on any atom is -0.507 e. The van der Waals surface area contributed by atoms with Crippen LogP contribution in [-0.2, 0) is 20.8 Å². The molecule has 0 spiro atoms. The fraction of sp³-hybridized carbons (Fsp3) is 0.435. The zero-order valence-electron chi connectivity index (χ0n) is 17.8. The minimum atomic E-state index is -0.752. The van der Waals surface area contributed by atoms with Crippen molar-refractivity contribution in [3.05, 3.63) is 46.5 Å². The number of likely N-dealkylation sites (tertiary alicyclic amines) is 1. The Morgan fingerprint density at radius 1 is 1.12 bits per heavy atom. The summed E-state index contributed by atoms with van der Waals surface area (Å²) in [5.41, 5.74) is 0.406. The second kappa shape index (κ2) is 11.6. The molecule has 1 amide bonds. The van der Waals surface area contributed by atoms with Gasteiger partial charge >= 0.3 is 5.97 Å². The number of phenols is 2. The molecule has 1 fully saturated rings. The van der Waals surface area contributed by atoms with Crippen LogP contribution in [0.2, 0.25) is 5.02 Å². The number of hydrogen-bond donors (Lipinski definition) is 2. The van der Waals surface area contributed by atoms with Gasteiger partial charge in [0.1, 0.15) is 17.1 Å². The molecule has 0 aromatic heterocycles. The summed E-state index contributed by atoms with van der Waals surface area (Å²) in [4.78, 5) is 31.9. The van der Waals surface area contributed by atoms with Gasteiger partial charge in [-0.3, -0.25) is 4.79 Å². The molecule has 172 valence electrons. The first-order valence-electron chi connectivity index (χ1n) is 10.7. The van der Waals surface area contributed by atoms with Gasteiger partial charge in [0.2, 0.25) is 0 Å². The van der Waals surface area contributed by atoms with Crippen molar-refractivity contribution in [2.45, 2.75) is 38.5 Å². The van der Waals surface area contributed by atoms with Crippen LogP contribution in [0.3, 0.4) is 0 Å². The summed E-state index contributed by atoms with van der Waals surface area (Å²) < 4.78 is 5.26. The molecule has 1 aromatic carbocycles. The van der Waals surface area contributed by atoms with E-state index in [-0.39, 0.29) is 47.4 Å². The predicted molar refractivity (Wildman–Crippen MR) is 120 cm³/mol. The van der Waals surface area contributed by atoms with Gasteiger partial charge in [-0.05, 0) is 43.7 Å². The average molecular weight is 463 g/mol. The number of carbonyl (C=O) groups excluding carboxylic acids is 2. The van der Waals surface area contributed by atoms with Crippen LogP contribution >= 0.6 is 11.6 Å². The number of carbonyl (C=O) groups is 2. The van der Waals surface area contributed by atoms with E-state index in [2.05, 4.69) is 5.16 Å². The molecule has 2 heterocycles. The molecule has 1 aromatic rings. The smallest absolute Gasteiger partial charge is 0.342 e. The van der Waals surface area contributed by atoms with E-state index in [1.165, 1.54) is 0 Å². The molecule has 2 N–H and O–H groups in total. The van der Waals surface area contributed by atoms with E-state index < -0.39 is 11.7 Å². The summed E-state index contributed by atoms with van der Waals surface area (Å²) in [6.07, 6.45) is 11.6. The van der Waals surface area contributed by atoms with Gasteiger partial charge in [-0.2, -0.15) is 0 Å². The molecule has 2 aliphatic rings. The Morgan fingerprint density at radius 2 is 1.84 bits per heavy atom. The molecule has 9 heteroatoms. The van der Waals surface area contributed by atoms with Gasteiger partial charge in [0.25, 0.3) is 5.91 Å². The molecular weight excluding hydrogens is 436 g/mol. The van der Waals surface area contributed by atoms with E-state index in [1.54, 1.807) is 11.0 Å². The summed E-state index contributed by atoms with van der Waals surface area (Å²) in [7, 11) is 0. The van der Waals surface area contributed by atoms with Gasteiger partial charge in [0, 0.05) is 25.6 Å². The normalized spacial score (nSPS) is 20.8. The van der Waals surface area contributed by atoms with Crippen LogP contribution in [0.15, 0.2) is 35.5 Å². The molecule has 32 heavy (non-hydrogen) atoms. The van der Waals surface area contributed by atoms with Crippen molar-refractivity contribution in [3.8, 4) is 11.5 Å². The summed E-state index contributed by atoms with van der Waals surface area (Å²) in [6.45, 7) is 1.38. The molecule has 3 rings (SSSR count). The van der Waals surface area contributed by atoms with Gasteiger partial charge in [-0.15, -0.1) is 0 Å². The predicted octanol–water partition coefficient (Wildman–Crippen LogP) is 3.74. The highest BCUT2D eigenvalue weighted by Crippen LogP contribution is 2.37. The van der Waals surface area contributed by atoms with Gasteiger partial charge in [0.05, 0.1) is 17.3 Å². The van der Waals surface area contributed by atoms with Crippen molar-refractivity contribution in [2.24, 2.45) is 5.16 Å². The van der Waals surface area contributed by atoms with Gasteiger partial charge in [-0.25, -0.2) is 4.79 Å². The highest BCUT2D eigenvalue weighted by molar-refractivity contribution is 6.33. The molecule has 0 atom stereocenters. The van der Waals surface area contributed by atoms with Crippen molar-refractivity contribution < 1.29 is 29.4 Å². The van der Waals surface area contributed by atoms with E-state index in [0.29, 0.717) is 12.1 Å². The van der Waals surface area contributed by atoms with Crippen LogP contribution in [0, 0.1) is 0 Å². The number of ether oxygens (including phenoxy) is 1. The summed E-state index contributed by atoms with van der Waals surface area (Å²) in [5.74, 6) is -1.70. The Hall–Kier alpha value is -3.00. The Balaban J connectivity index is 1.88. The number of halogens is 1. The molecule has 0 saturated carbocycles. The maximum Gasteiger partial charge on any atom is 0.342 e. The second-order valence-corrected chi connectivity index (χ2v) is 7.96. The van der Waals surface area contributed by atoms with Crippen molar-refractivity contribution in [2.75, 3.05) is 26.3 Å². The zero-order valence-corrected chi connectivity index (χ0v) is 18.5. The lowest BCUT2D eigenvalue weighted by molar-refractivity contribution is -0.135. The molecule has 2 aliphatic heterocycles. The third-order valence-corrected chi connectivity index (χ3v) is 5.63. The van der Waals surface area contributed by atoms with Crippen LogP contribution in [0.4, 0.5) is 0 Å². The number of amides is 1. The van der Waals surface area contributed by atoms with Crippen molar-refractivity contribution in [1.82, 2.24) is 4.90 Å².